The highest BCUT2D eigenvalue weighted by Gasteiger charge is 2.54. The van der Waals surface area contributed by atoms with Crippen LogP contribution in [0.5, 0.6) is 5.75 Å². The fourth-order valence-electron chi connectivity index (χ4n) is 3.84. The zero-order valence-corrected chi connectivity index (χ0v) is 12.1. The molecule has 2 aromatic rings. The van der Waals surface area contributed by atoms with Gasteiger partial charge in [-0.3, -0.25) is 4.79 Å². The van der Waals surface area contributed by atoms with E-state index in [4.69, 9.17) is 4.74 Å². The highest BCUT2D eigenvalue weighted by atomic mass is 16.5. The van der Waals surface area contributed by atoms with Gasteiger partial charge < -0.3 is 10.1 Å². The lowest BCUT2D eigenvalue weighted by atomic mass is 9.74. The number of methoxy groups -OCH3 is 1. The summed E-state index contributed by atoms with van der Waals surface area (Å²) in [5.41, 5.74) is 3.66. The lowest BCUT2D eigenvalue weighted by Gasteiger charge is -2.27. The molecule has 0 bridgehead atoms. The Labute approximate surface area is 123 Å². The maximum Gasteiger partial charge on any atom is 0.176 e. The minimum atomic E-state index is -0.467. The number of hydrogen-bond acceptors (Lipinski definition) is 3. The van der Waals surface area contributed by atoms with Gasteiger partial charge >= 0.3 is 0 Å². The summed E-state index contributed by atoms with van der Waals surface area (Å²) in [4.78, 5) is 13.1. The molecule has 4 rings (SSSR count). The quantitative estimate of drug-likeness (QED) is 0.871. The number of carbonyl (C=O) groups excluding carboxylic acids is 1. The number of ketones is 1. The largest absolute Gasteiger partial charge is 0.497 e. The number of nitrogens with one attached hydrogen (secondary N) is 1. The number of hydrogen-bond donors (Lipinski definition) is 1. The zero-order chi connectivity index (χ0) is 14.6. The maximum absolute atomic E-state index is 13.1. The maximum atomic E-state index is 13.1. The molecule has 106 valence electrons. The Hall–Kier alpha value is -2.29. The summed E-state index contributed by atoms with van der Waals surface area (Å²) in [7, 11) is 1.66. The summed E-state index contributed by atoms with van der Waals surface area (Å²) in [5.74, 6) is 1.04. The molecule has 0 unspecified atom stereocenters. The van der Waals surface area contributed by atoms with Crippen molar-refractivity contribution in [2.24, 2.45) is 0 Å². The van der Waals surface area contributed by atoms with Gasteiger partial charge in [0.2, 0.25) is 0 Å². The Morgan fingerprint density at radius 1 is 1.24 bits per heavy atom. The van der Waals surface area contributed by atoms with Gasteiger partial charge in [0.25, 0.3) is 0 Å². The number of carbonyl (C=O) groups is 1. The van der Waals surface area contributed by atoms with Crippen molar-refractivity contribution in [3.63, 3.8) is 0 Å². The summed E-state index contributed by atoms with van der Waals surface area (Å²) >= 11 is 0. The van der Waals surface area contributed by atoms with Crippen LogP contribution < -0.4 is 10.1 Å². The summed E-state index contributed by atoms with van der Waals surface area (Å²) < 4.78 is 5.30. The molecule has 0 saturated heterocycles. The molecule has 2 atom stereocenters. The van der Waals surface area contributed by atoms with Gasteiger partial charge in [-0.1, -0.05) is 18.2 Å². The average Bonchev–Trinajstić information content (AvgIpc) is 2.96. The molecule has 2 aromatic carbocycles. The van der Waals surface area contributed by atoms with E-state index < -0.39 is 5.41 Å². The van der Waals surface area contributed by atoms with Crippen LogP contribution in [0.3, 0.4) is 0 Å². The van der Waals surface area contributed by atoms with Crippen molar-refractivity contribution in [2.75, 3.05) is 12.4 Å². The number of Topliss-reactive ketones (excluding diaryl/α,β-unsaturated/α-hetero) is 1. The van der Waals surface area contributed by atoms with E-state index in [0.29, 0.717) is 0 Å². The van der Waals surface area contributed by atoms with E-state index in [2.05, 4.69) is 24.4 Å². The molecule has 1 aliphatic carbocycles. The minimum absolute atomic E-state index is 0.0980. The second-order valence-corrected chi connectivity index (χ2v) is 5.91. The van der Waals surface area contributed by atoms with E-state index in [1.54, 1.807) is 7.11 Å². The molecule has 2 aliphatic rings. The van der Waals surface area contributed by atoms with Crippen LogP contribution in [-0.2, 0) is 11.8 Å². The molecule has 0 fully saturated rings. The molecule has 1 N–H and O–H groups in total. The van der Waals surface area contributed by atoms with Crippen LogP contribution in [0, 0.1) is 0 Å². The Kier molecular flexibility index (Phi) is 2.43. The predicted octanol–water partition coefficient (Wildman–Crippen LogP) is 3.19. The summed E-state index contributed by atoms with van der Waals surface area (Å²) in [6.07, 6.45) is 0.740. The van der Waals surface area contributed by atoms with Gasteiger partial charge in [-0.25, -0.2) is 0 Å². The van der Waals surface area contributed by atoms with Gasteiger partial charge in [0.15, 0.2) is 5.78 Å². The molecular weight excluding hydrogens is 262 g/mol. The fourth-order valence-corrected chi connectivity index (χ4v) is 3.84. The normalized spacial score (nSPS) is 25.6. The third-order valence-electron chi connectivity index (χ3n) is 4.95. The number of anilines is 1. The molecule has 3 nitrogen and oxygen atoms in total. The summed E-state index contributed by atoms with van der Waals surface area (Å²) in [6.45, 7) is 2.10. The Morgan fingerprint density at radius 3 is 2.86 bits per heavy atom. The number of rotatable bonds is 1. The van der Waals surface area contributed by atoms with Crippen molar-refractivity contribution in [1.29, 1.82) is 0 Å². The number of ether oxygens (including phenoxy) is 1. The van der Waals surface area contributed by atoms with Crippen molar-refractivity contribution < 1.29 is 9.53 Å². The van der Waals surface area contributed by atoms with Crippen molar-refractivity contribution in [3.8, 4) is 5.75 Å². The second-order valence-electron chi connectivity index (χ2n) is 5.91. The molecule has 3 heteroatoms. The monoisotopic (exact) mass is 279 g/mol. The van der Waals surface area contributed by atoms with Crippen molar-refractivity contribution >= 4 is 11.5 Å². The first-order valence-electron chi connectivity index (χ1n) is 7.24. The number of fused-ring (bicyclic) bond motifs is 3. The molecule has 0 amide bonds. The lowest BCUT2D eigenvalue weighted by molar-refractivity contribution is 0.0896. The molecule has 0 saturated carbocycles. The predicted molar refractivity (Wildman–Crippen MR) is 82.2 cm³/mol. The van der Waals surface area contributed by atoms with Crippen LogP contribution in [0.2, 0.25) is 0 Å². The van der Waals surface area contributed by atoms with Crippen molar-refractivity contribution in [2.45, 2.75) is 24.8 Å². The highest BCUT2D eigenvalue weighted by molar-refractivity contribution is 6.11. The van der Waals surface area contributed by atoms with Gasteiger partial charge in [0.05, 0.1) is 12.5 Å². The third kappa shape index (κ3) is 1.46. The zero-order valence-electron chi connectivity index (χ0n) is 12.1. The van der Waals surface area contributed by atoms with Gasteiger partial charge in [0.1, 0.15) is 5.75 Å². The van der Waals surface area contributed by atoms with E-state index in [1.807, 2.05) is 30.3 Å². The van der Waals surface area contributed by atoms with Crippen LogP contribution >= 0.6 is 0 Å². The lowest BCUT2D eigenvalue weighted by Crippen LogP contribution is -2.42. The van der Waals surface area contributed by atoms with Crippen LogP contribution in [-0.4, -0.2) is 18.9 Å². The molecule has 1 aliphatic heterocycles. The summed E-state index contributed by atoms with van der Waals surface area (Å²) in [6, 6.07) is 14.0. The first-order valence-corrected chi connectivity index (χ1v) is 7.24. The van der Waals surface area contributed by atoms with E-state index >= 15 is 0 Å². The minimum Gasteiger partial charge on any atom is -0.497 e. The van der Waals surface area contributed by atoms with E-state index in [0.717, 1.165) is 34.5 Å². The van der Waals surface area contributed by atoms with E-state index in [9.17, 15) is 4.79 Å². The van der Waals surface area contributed by atoms with Gasteiger partial charge in [0, 0.05) is 17.3 Å². The topological polar surface area (TPSA) is 38.3 Å². The SMILES string of the molecule is COc1ccc2c(c1)C[C@]1(C2=O)c2ccccc2N[C@H]1C. The molecule has 0 radical (unpaired) electrons. The number of para-hydroxylation sites is 1. The van der Waals surface area contributed by atoms with Crippen LogP contribution in [0.25, 0.3) is 0 Å². The first-order chi connectivity index (χ1) is 10.2. The average molecular weight is 279 g/mol. The second kappa shape index (κ2) is 4.10. The number of benzene rings is 2. The first kappa shape index (κ1) is 12.5. The van der Waals surface area contributed by atoms with Gasteiger partial charge in [-0.15, -0.1) is 0 Å². The molecule has 21 heavy (non-hydrogen) atoms. The van der Waals surface area contributed by atoms with E-state index in [1.165, 1.54) is 0 Å². The molecular formula is C18H17NO2. The molecule has 1 spiro atoms. The van der Waals surface area contributed by atoms with Crippen molar-refractivity contribution in [1.82, 2.24) is 0 Å². The highest BCUT2D eigenvalue weighted by Crippen LogP contribution is 2.50. The van der Waals surface area contributed by atoms with Gasteiger partial charge in [-0.05, 0) is 48.7 Å². The van der Waals surface area contributed by atoms with Crippen molar-refractivity contribution in [3.05, 3.63) is 59.2 Å². The van der Waals surface area contributed by atoms with Crippen LogP contribution in [0.4, 0.5) is 5.69 Å². The molecule has 0 aromatic heterocycles. The molecule has 1 heterocycles. The smallest absolute Gasteiger partial charge is 0.176 e. The third-order valence-corrected chi connectivity index (χ3v) is 4.95. The van der Waals surface area contributed by atoms with Crippen LogP contribution in [0.1, 0.15) is 28.4 Å². The fraction of sp³-hybridized carbons (Fsp3) is 0.278. The Morgan fingerprint density at radius 2 is 2.05 bits per heavy atom. The standard InChI is InChI=1S/C18H17NO2/c1-11-18(15-5-3-4-6-16(15)19-11)10-12-9-13(21-2)7-8-14(12)17(18)20/h3-9,11,19H,10H2,1-2H3/t11-,18+/m0/s1. The summed E-state index contributed by atoms with van der Waals surface area (Å²) in [5, 5.41) is 3.47. The van der Waals surface area contributed by atoms with E-state index in [-0.39, 0.29) is 11.8 Å². The Bertz CT molecular complexity index is 753. The van der Waals surface area contributed by atoms with Gasteiger partial charge in [-0.2, -0.15) is 0 Å². The van der Waals surface area contributed by atoms with Crippen LogP contribution in [0.15, 0.2) is 42.5 Å². The Balaban J connectivity index is 1.90.